The molecule has 1 aromatic rings. The van der Waals surface area contributed by atoms with Crippen molar-refractivity contribution in [1.82, 2.24) is 47.4 Å². The Morgan fingerprint density at radius 3 is 1.82 bits per heavy atom. The summed E-state index contributed by atoms with van der Waals surface area (Å²) in [5.41, 5.74) is 33.7. The van der Waals surface area contributed by atoms with Crippen molar-refractivity contribution in [2.24, 2.45) is 44.4 Å². The Morgan fingerprint density at radius 1 is 0.725 bits per heavy atom. The highest BCUT2D eigenvalue weighted by molar-refractivity contribution is 8.77. The summed E-state index contributed by atoms with van der Waals surface area (Å²) in [7, 11) is 3.32. The van der Waals surface area contributed by atoms with Gasteiger partial charge in [0.05, 0.1) is 26.5 Å². The van der Waals surface area contributed by atoms with E-state index in [-0.39, 0.29) is 82.3 Å². The topological polar surface area (TPSA) is 515 Å². The smallest absolute Gasteiger partial charge is 0.305 e. The maximum absolute atomic E-state index is 14.4. The average Bonchev–Trinajstić information content (AvgIpc) is 3.87. The van der Waals surface area contributed by atoms with Crippen LogP contribution in [0.1, 0.15) is 77.7 Å². The molecule has 0 aliphatic carbocycles. The Kier molecular flexibility index (Phi) is 26.5. The number of ether oxygens (including phenoxy) is 1. The van der Waals surface area contributed by atoms with E-state index in [4.69, 9.17) is 39.1 Å². The van der Waals surface area contributed by atoms with Crippen LogP contribution in [-0.4, -0.2) is 185 Å². The van der Waals surface area contributed by atoms with Crippen LogP contribution in [-0.2, 0) is 64.0 Å². The van der Waals surface area contributed by atoms with Crippen LogP contribution < -0.4 is 81.7 Å². The number of amides is 11. The van der Waals surface area contributed by atoms with E-state index in [2.05, 4.69) is 52.5 Å². The molecular weight excluding hydrogens is 1090 g/mol. The fraction of sp³-hybridized carbons (Fsp3) is 0.574. The molecule has 442 valence electrons. The number of fused-ring (bicyclic) bond motifs is 1. The van der Waals surface area contributed by atoms with Gasteiger partial charge in [0.15, 0.2) is 11.9 Å². The molecule has 11 amide bonds. The maximum atomic E-state index is 14.4. The number of carboxylic acid groups (broad SMARTS) is 1. The molecule has 2 aliphatic rings. The predicted molar refractivity (Wildman–Crippen MR) is 293 cm³/mol. The molecule has 2 saturated heterocycles. The highest BCUT2D eigenvalue weighted by Crippen LogP contribution is 2.39. The number of carbonyl (C=O) groups is 12. The fourth-order valence-corrected chi connectivity index (χ4v) is 11.0. The van der Waals surface area contributed by atoms with Gasteiger partial charge in [0.1, 0.15) is 54.1 Å². The monoisotopic (exact) mass is 1160 g/mol. The van der Waals surface area contributed by atoms with E-state index in [0.717, 1.165) is 33.4 Å². The van der Waals surface area contributed by atoms with Gasteiger partial charge >= 0.3 is 5.97 Å². The van der Waals surface area contributed by atoms with Gasteiger partial charge in [0, 0.05) is 43.5 Å². The van der Waals surface area contributed by atoms with Gasteiger partial charge in [-0.25, -0.2) is 0 Å². The number of methoxy groups -OCH3 is 1. The molecular formula is C47H73N17O14S2. The quantitative estimate of drug-likeness (QED) is 0.0299. The number of hydrogen-bond donors (Lipinski definition) is 15. The summed E-state index contributed by atoms with van der Waals surface area (Å²) in [6.45, 7) is 3.22. The average molecular weight is 1160 g/mol. The minimum Gasteiger partial charge on any atom is -0.497 e. The van der Waals surface area contributed by atoms with Crippen molar-refractivity contribution in [2.75, 3.05) is 39.0 Å². The Balaban J connectivity index is 2.18. The molecule has 3 rings (SSSR count). The number of nitrogens with two attached hydrogens (primary N) is 6. The third-order valence-electron chi connectivity index (χ3n) is 12.2. The first-order chi connectivity index (χ1) is 37.6. The molecule has 0 bridgehead atoms. The Hall–Kier alpha value is -8.10. The van der Waals surface area contributed by atoms with E-state index in [0.29, 0.717) is 11.3 Å². The number of rotatable bonds is 17. The fourth-order valence-electron chi connectivity index (χ4n) is 8.17. The lowest BCUT2D eigenvalue weighted by Crippen LogP contribution is -2.61. The Labute approximate surface area is 468 Å². The molecule has 80 heavy (non-hydrogen) atoms. The summed E-state index contributed by atoms with van der Waals surface area (Å²) in [6.07, 6.45) is -1.92. The number of nitrogens with zero attached hydrogens (tertiary/aromatic N) is 3. The first-order valence-corrected chi connectivity index (χ1v) is 27.4. The molecule has 0 unspecified atom stereocenters. The summed E-state index contributed by atoms with van der Waals surface area (Å²) >= 11 is 0. The molecule has 8 atom stereocenters. The lowest BCUT2D eigenvalue weighted by molar-refractivity contribution is -0.143. The van der Waals surface area contributed by atoms with Crippen molar-refractivity contribution in [2.45, 2.75) is 132 Å². The minimum absolute atomic E-state index is 0.0108. The number of aliphatic imine (C=N–C) groups is 2. The molecule has 21 N–H and O–H groups in total. The normalized spacial score (nSPS) is 24.1. The third-order valence-corrected chi connectivity index (χ3v) is 15.5. The lowest BCUT2D eigenvalue weighted by Gasteiger charge is -2.35. The van der Waals surface area contributed by atoms with Crippen molar-refractivity contribution in [3.05, 3.63) is 29.8 Å². The number of carboxylic acids is 1. The van der Waals surface area contributed by atoms with Crippen LogP contribution >= 0.6 is 21.6 Å². The highest BCUT2D eigenvalue weighted by atomic mass is 33.1. The SMILES string of the molecule is COc1ccc(C[C@@H]2NC(=O)[C@H](CC(=O)O)NC(=O)CNC(=O)[C@H](CCCN=C(N)N)NC(=O)[C@@H]3CCCN3C(=O)[C@H](CC(N)=O)NC(=O)[C@H](NC(C)=O)C(C)(C)SSC[C@H](C(N)=O)NC(=O)[C@H](CCCN=C(N)N)NC2=O)cc1. The minimum atomic E-state index is -1.88. The van der Waals surface area contributed by atoms with Gasteiger partial charge in [0.25, 0.3) is 0 Å². The van der Waals surface area contributed by atoms with Crippen LogP contribution in [0.3, 0.4) is 0 Å². The molecule has 0 aromatic heterocycles. The molecule has 2 aliphatic heterocycles. The van der Waals surface area contributed by atoms with Crippen LogP contribution in [0, 0.1) is 0 Å². The Morgan fingerprint density at radius 2 is 1.27 bits per heavy atom. The molecule has 1 aromatic carbocycles. The zero-order valence-corrected chi connectivity index (χ0v) is 46.3. The van der Waals surface area contributed by atoms with Gasteiger partial charge in [-0.15, -0.1) is 0 Å². The van der Waals surface area contributed by atoms with Crippen LogP contribution in [0.15, 0.2) is 34.3 Å². The first-order valence-electron chi connectivity index (χ1n) is 25.1. The van der Waals surface area contributed by atoms with Gasteiger partial charge in [-0.2, -0.15) is 0 Å². The molecule has 31 nitrogen and oxygen atoms in total. The van der Waals surface area contributed by atoms with E-state index >= 15 is 0 Å². The van der Waals surface area contributed by atoms with Crippen LogP contribution in [0.2, 0.25) is 0 Å². The number of carbonyl (C=O) groups excluding carboxylic acids is 11. The second-order valence-corrected chi connectivity index (χ2v) is 22.1. The van der Waals surface area contributed by atoms with Gasteiger partial charge in [-0.3, -0.25) is 67.5 Å². The number of guanidine groups is 2. The van der Waals surface area contributed by atoms with Crippen molar-refractivity contribution in [3.8, 4) is 5.75 Å². The molecule has 2 heterocycles. The summed E-state index contributed by atoms with van der Waals surface area (Å²) in [5, 5.41) is 29.6. The zero-order valence-electron chi connectivity index (χ0n) is 44.7. The van der Waals surface area contributed by atoms with E-state index in [1.165, 1.54) is 7.11 Å². The third kappa shape index (κ3) is 22.3. The van der Waals surface area contributed by atoms with Gasteiger partial charge in [-0.05, 0) is 70.1 Å². The maximum Gasteiger partial charge on any atom is 0.305 e. The van der Waals surface area contributed by atoms with Crippen LogP contribution in [0.4, 0.5) is 0 Å². The molecule has 0 saturated carbocycles. The first kappa shape index (κ1) is 66.2. The van der Waals surface area contributed by atoms with Crippen molar-refractivity contribution in [3.63, 3.8) is 0 Å². The van der Waals surface area contributed by atoms with Crippen molar-refractivity contribution >= 4 is 104 Å². The summed E-state index contributed by atoms with van der Waals surface area (Å²) in [4.78, 5) is 172. The second-order valence-electron chi connectivity index (χ2n) is 19.1. The Bertz CT molecular complexity index is 2490. The lowest BCUT2D eigenvalue weighted by atomic mass is 10.0. The number of nitrogens with one attached hydrogen (secondary N) is 8. The molecule has 0 radical (unpaired) electrons. The molecule has 2 fully saturated rings. The highest BCUT2D eigenvalue weighted by Gasteiger charge is 2.43. The molecule has 0 spiro atoms. The van der Waals surface area contributed by atoms with Gasteiger partial charge in [-0.1, -0.05) is 33.7 Å². The standard InChI is InChI=1S/C47H73N17O14S2/c1-23(65)57-36-43(76)62-30(19-33(48)66)44(77)64-17-7-10-32(64)42(75)60-26(8-5-15-54-45(50)51)38(71)56-21-34(67)58-29(20-35(68)69)41(74)61-28(18-24-11-13-25(78-4)14-12-24)40(73)59-27(9-6-16-55-46(52)53)39(72)63-31(37(49)70)22-79-80-47(36,2)3/h11-14,26-32,36H,5-10,15-22H2,1-4H3,(H2,48,66)(H2,49,70)(H,56,71)(H,57,65)(H,58,67)(H,59,73)(H,60,75)(H,61,74)(H,62,76)(H,63,72)(H,68,69)(H4,50,51,54)(H4,52,53,55)/t26-,27-,28-,29-,30-,31+,32-,36-/m0/s1. The second kappa shape index (κ2) is 32.1. The van der Waals surface area contributed by atoms with Crippen molar-refractivity contribution in [1.29, 1.82) is 0 Å². The predicted octanol–water partition coefficient (Wildman–Crippen LogP) is -6.13. The van der Waals surface area contributed by atoms with E-state index in [9.17, 15) is 62.6 Å². The number of aliphatic carboxylic acids is 1. The number of benzene rings is 1. The van der Waals surface area contributed by atoms with E-state index in [1.54, 1.807) is 38.1 Å². The summed E-state index contributed by atoms with van der Waals surface area (Å²) in [5.74, 6) is -12.6. The van der Waals surface area contributed by atoms with Crippen molar-refractivity contribution < 1.29 is 67.4 Å². The van der Waals surface area contributed by atoms with E-state index in [1.807, 2.05) is 0 Å². The van der Waals surface area contributed by atoms with Gasteiger partial charge in [0.2, 0.25) is 65.0 Å². The zero-order chi connectivity index (χ0) is 59.9. The summed E-state index contributed by atoms with van der Waals surface area (Å²) in [6, 6.07) is -6.02. The van der Waals surface area contributed by atoms with E-state index < -0.39 is 143 Å². The van der Waals surface area contributed by atoms with Crippen LogP contribution in [0.25, 0.3) is 0 Å². The van der Waals surface area contributed by atoms with Crippen LogP contribution in [0.5, 0.6) is 5.75 Å². The number of hydrogen-bond acceptors (Lipinski definition) is 17. The van der Waals surface area contributed by atoms with Gasteiger partial charge < -0.3 is 91.7 Å². The largest absolute Gasteiger partial charge is 0.497 e. The molecule has 33 heteroatoms. The number of primary amides is 2. The summed E-state index contributed by atoms with van der Waals surface area (Å²) < 4.78 is 3.91.